The monoisotopic (exact) mass is 322 g/mol. The third-order valence-corrected chi connectivity index (χ3v) is 4.70. The van der Waals surface area contributed by atoms with E-state index >= 15 is 0 Å². The number of aliphatic carboxylic acids is 1. The molecule has 2 heterocycles. The zero-order chi connectivity index (χ0) is 17.0. The Hall–Kier alpha value is -1.85. The van der Waals surface area contributed by atoms with Gasteiger partial charge in [-0.05, 0) is 45.4 Å². The van der Waals surface area contributed by atoms with Crippen molar-refractivity contribution in [3.8, 4) is 0 Å². The third-order valence-electron chi connectivity index (χ3n) is 4.70. The van der Waals surface area contributed by atoms with E-state index < -0.39 is 5.97 Å². The molecule has 0 aliphatic carbocycles. The van der Waals surface area contributed by atoms with E-state index in [9.17, 15) is 9.59 Å². The molecule has 6 nitrogen and oxygen atoms in total. The molecule has 2 atom stereocenters. The number of carboxylic acids is 1. The van der Waals surface area contributed by atoms with Crippen LogP contribution < -0.4 is 0 Å². The van der Waals surface area contributed by atoms with Crippen molar-refractivity contribution in [3.05, 3.63) is 17.0 Å². The number of aromatic nitrogens is 1. The first-order chi connectivity index (χ1) is 10.9. The summed E-state index contributed by atoms with van der Waals surface area (Å²) in [6.45, 7) is 6.51. The van der Waals surface area contributed by atoms with E-state index in [1.807, 2.05) is 25.7 Å². The summed E-state index contributed by atoms with van der Waals surface area (Å²) in [5.74, 6) is 0.124. The van der Waals surface area contributed by atoms with Crippen LogP contribution in [0, 0.1) is 13.8 Å². The lowest BCUT2D eigenvalue weighted by Crippen LogP contribution is -2.44. The van der Waals surface area contributed by atoms with Crippen molar-refractivity contribution in [2.24, 2.45) is 0 Å². The molecular weight excluding hydrogens is 296 g/mol. The molecule has 1 aliphatic rings. The highest BCUT2D eigenvalue weighted by Gasteiger charge is 2.29. The van der Waals surface area contributed by atoms with E-state index in [1.54, 1.807) is 0 Å². The number of likely N-dealkylation sites (tertiary alicyclic amines) is 1. The highest BCUT2D eigenvalue weighted by Crippen LogP contribution is 2.28. The van der Waals surface area contributed by atoms with Crippen molar-refractivity contribution in [2.45, 2.75) is 71.3 Å². The lowest BCUT2D eigenvalue weighted by atomic mass is 9.93. The number of rotatable bonds is 6. The first kappa shape index (κ1) is 17.5. The van der Waals surface area contributed by atoms with Gasteiger partial charge < -0.3 is 14.5 Å². The van der Waals surface area contributed by atoms with Crippen molar-refractivity contribution in [1.82, 2.24) is 10.1 Å². The van der Waals surface area contributed by atoms with Crippen molar-refractivity contribution in [3.63, 3.8) is 0 Å². The molecule has 1 aliphatic heterocycles. The van der Waals surface area contributed by atoms with Gasteiger partial charge in [0.25, 0.3) is 0 Å². The highest BCUT2D eigenvalue weighted by atomic mass is 16.5. The molecular formula is C17H26N2O4. The van der Waals surface area contributed by atoms with Crippen LogP contribution in [0.3, 0.4) is 0 Å². The Balaban J connectivity index is 2.01. The fraction of sp³-hybridized carbons (Fsp3) is 0.706. The Morgan fingerprint density at radius 1 is 1.39 bits per heavy atom. The fourth-order valence-electron chi connectivity index (χ4n) is 3.59. The molecule has 0 aromatic carbocycles. The van der Waals surface area contributed by atoms with Gasteiger partial charge in [-0.25, -0.2) is 0 Å². The van der Waals surface area contributed by atoms with Crippen LogP contribution in [0.4, 0.5) is 0 Å². The molecule has 1 saturated heterocycles. The van der Waals surface area contributed by atoms with Crippen LogP contribution in [-0.4, -0.2) is 39.6 Å². The molecule has 1 aromatic rings. The van der Waals surface area contributed by atoms with Crippen molar-refractivity contribution < 1.29 is 19.2 Å². The minimum absolute atomic E-state index is 0.0517. The highest BCUT2D eigenvalue weighted by molar-refractivity contribution is 5.77. The predicted molar refractivity (Wildman–Crippen MR) is 85.2 cm³/mol. The minimum Gasteiger partial charge on any atom is -0.481 e. The topological polar surface area (TPSA) is 83.6 Å². The maximum absolute atomic E-state index is 12.7. The number of carbonyl (C=O) groups is 2. The second-order valence-electron chi connectivity index (χ2n) is 6.51. The predicted octanol–water partition coefficient (Wildman–Crippen LogP) is 3.03. The molecule has 23 heavy (non-hydrogen) atoms. The second kappa shape index (κ2) is 7.62. The van der Waals surface area contributed by atoms with Gasteiger partial charge in [-0.3, -0.25) is 9.59 Å². The Morgan fingerprint density at radius 3 is 2.74 bits per heavy atom. The maximum atomic E-state index is 12.7. The lowest BCUT2D eigenvalue weighted by Gasteiger charge is -2.36. The van der Waals surface area contributed by atoms with E-state index in [-0.39, 0.29) is 24.3 Å². The first-order valence-electron chi connectivity index (χ1n) is 8.34. The molecule has 1 fully saturated rings. The van der Waals surface area contributed by atoms with Gasteiger partial charge in [0.15, 0.2) is 0 Å². The van der Waals surface area contributed by atoms with Crippen LogP contribution in [0.1, 0.15) is 68.4 Å². The number of hydrogen-bond donors (Lipinski definition) is 1. The quantitative estimate of drug-likeness (QED) is 0.870. The number of carboxylic acid groups (broad SMARTS) is 1. The summed E-state index contributed by atoms with van der Waals surface area (Å²) in [6.07, 6.45) is 4.03. The number of nitrogens with zero attached hydrogens (tertiary/aromatic N) is 2. The molecule has 1 amide bonds. The Kier molecular flexibility index (Phi) is 5.80. The van der Waals surface area contributed by atoms with Gasteiger partial charge in [-0.2, -0.15) is 0 Å². The van der Waals surface area contributed by atoms with Crippen molar-refractivity contribution >= 4 is 11.9 Å². The van der Waals surface area contributed by atoms with Crippen LogP contribution in [0.15, 0.2) is 4.52 Å². The molecule has 0 spiro atoms. The number of aryl methyl sites for hydroxylation is 2. The number of piperidine rings is 1. The van der Waals surface area contributed by atoms with E-state index in [2.05, 4.69) is 5.16 Å². The van der Waals surface area contributed by atoms with Gasteiger partial charge >= 0.3 is 5.97 Å². The van der Waals surface area contributed by atoms with E-state index in [4.69, 9.17) is 9.63 Å². The Morgan fingerprint density at radius 2 is 2.13 bits per heavy atom. The van der Waals surface area contributed by atoms with Crippen LogP contribution in [0.5, 0.6) is 0 Å². The van der Waals surface area contributed by atoms with Crippen LogP contribution in [-0.2, 0) is 9.59 Å². The standard InChI is InChI=1S/C17H26N2O4/c1-11(17-12(2)18-23-13(17)3)10-15(20)19-9-5-4-6-14(19)7-8-16(21)22/h11,14H,4-10H2,1-3H3,(H,21,22). The molecule has 0 saturated carbocycles. The zero-order valence-corrected chi connectivity index (χ0v) is 14.2. The summed E-state index contributed by atoms with van der Waals surface area (Å²) in [4.78, 5) is 25.4. The molecule has 1 N–H and O–H groups in total. The number of carbonyl (C=O) groups excluding carboxylic acids is 1. The lowest BCUT2D eigenvalue weighted by molar-refractivity contribution is -0.140. The molecule has 2 rings (SSSR count). The summed E-state index contributed by atoms with van der Waals surface area (Å²) in [5.41, 5.74) is 1.85. The van der Waals surface area contributed by atoms with Crippen molar-refractivity contribution in [1.29, 1.82) is 0 Å². The average molecular weight is 322 g/mol. The van der Waals surface area contributed by atoms with Gasteiger partial charge in [0.2, 0.25) is 5.91 Å². The van der Waals surface area contributed by atoms with E-state index in [1.165, 1.54) is 0 Å². The molecule has 1 aromatic heterocycles. The van der Waals surface area contributed by atoms with E-state index in [0.717, 1.165) is 42.8 Å². The van der Waals surface area contributed by atoms with Gasteiger partial charge in [-0.1, -0.05) is 12.1 Å². The zero-order valence-electron chi connectivity index (χ0n) is 14.2. The normalized spacial score (nSPS) is 19.6. The van der Waals surface area contributed by atoms with Crippen LogP contribution >= 0.6 is 0 Å². The molecule has 2 unspecified atom stereocenters. The molecule has 0 radical (unpaired) electrons. The Labute approximate surface area is 136 Å². The summed E-state index contributed by atoms with van der Waals surface area (Å²) < 4.78 is 5.19. The van der Waals surface area contributed by atoms with Gasteiger partial charge in [0.05, 0.1) is 5.69 Å². The summed E-state index contributed by atoms with van der Waals surface area (Å²) in [5, 5.41) is 12.8. The van der Waals surface area contributed by atoms with Crippen LogP contribution in [0.2, 0.25) is 0 Å². The van der Waals surface area contributed by atoms with Gasteiger partial charge in [0.1, 0.15) is 5.76 Å². The fourth-order valence-corrected chi connectivity index (χ4v) is 3.59. The largest absolute Gasteiger partial charge is 0.481 e. The van der Waals surface area contributed by atoms with E-state index in [0.29, 0.717) is 12.8 Å². The van der Waals surface area contributed by atoms with Gasteiger partial charge in [0, 0.05) is 31.0 Å². The second-order valence-corrected chi connectivity index (χ2v) is 6.51. The summed E-state index contributed by atoms with van der Waals surface area (Å²) in [6, 6.07) is 0.0595. The molecule has 128 valence electrons. The first-order valence-corrected chi connectivity index (χ1v) is 8.34. The van der Waals surface area contributed by atoms with Gasteiger partial charge in [-0.15, -0.1) is 0 Å². The molecule has 6 heteroatoms. The summed E-state index contributed by atoms with van der Waals surface area (Å²) >= 11 is 0. The average Bonchev–Trinajstić information content (AvgIpc) is 2.84. The number of amides is 1. The Bertz CT molecular complexity index is 547. The SMILES string of the molecule is Cc1noc(C)c1C(C)CC(=O)N1CCCCC1CCC(=O)O. The third kappa shape index (κ3) is 4.33. The maximum Gasteiger partial charge on any atom is 0.303 e. The smallest absolute Gasteiger partial charge is 0.303 e. The van der Waals surface area contributed by atoms with Crippen LogP contribution in [0.25, 0.3) is 0 Å². The summed E-state index contributed by atoms with van der Waals surface area (Å²) in [7, 11) is 0. The molecule has 0 bridgehead atoms. The number of hydrogen-bond acceptors (Lipinski definition) is 4. The minimum atomic E-state index is -0.799. The van der Waals surface area contributed by atoms with Crippen molar-refractivity contribution in [2.75, 3.05) is 6.54 Å².